The molecule has 4 aliphatic rings. The van der Waals surface area contributed by atoms with Gasteiger partial charge in [-0.05, 0) is 74.8 Å². The Kier molecular flexibility index (Phi) is 6.55. The molecule has 2 amide bonds. The van der Waals surface area contributed by atoms with Crippen molar-refractivity contribution in [1.29, 1.82) is 0 Å². The number of fused-ring (bicyclic) bond motifs is 4. The first kappa shape index (κ1) is 27.4. The Morgan fingerprint density at radius 2 is 1.84 bits per heavy atom. The van der Waals surface area contributed by atoms with Crippen molar-refractivity contribution >= 4 is 34.1 Å². The Bertz CT molecular complexity index is 1770. The number of benzene rings is 1. The highest BCUT2D eigenvalue weighted by molar-refractivity contribution is 6.00. The first-order valence-electron chi connectivity index (χ1n) is 15.9. The van der Waals surface area contributed by atoms with Gasteiger partial charge in [-0.2, -0.15) is 0 Å². The molecular formula is C33H39N7O4. The van der Waals surface area contributed by atoms with Crippen LogP contribution in [0.2, 0.25) is 0 Å². The summed E-state index contributed by atoms with van der Waals surface area (Å²) in [4.78, 5) is 39.9. The van der Waals surface area contributed by atoms with Gasteiger partial charge < -0.3 is 34.1 Å². The Morgan fingerprint density at radius 3 is 2.55 bits per heavy atom. The Labute approximate surface area is 255 Å². The van der Waals surface area contributed by atoms with Crippen LogP contribution in [-0.2, 0) is 17.8 Å². The van der Waals surface area contributed by atoms with Gasteiger partial charge in [-0.15, -0.1) is 0 Å². The molecule has 2 aliphatic heterocycles. The van der Waals surface area contributed by atoms with E-state index in [4.69, 9.17) is 25.2 Å². The fourth-order valence-electron chi connectivity index (χ4n) is 7.65. The average Bonchev–Trinajstić information content (AvgIpc) is 3.36. The molecular weight excluding hydrogens is 558 g/mol. The van der Waals surface area contributed by atoms with Crippen LogP contribution >= 0.6 is 0 Å². The molecule has 0 radical (unpaired) electrons. The average molecular weight is 598 g/mol. The minimum atomic E-state index is -0.272. The second-order valence-electron chi connectivity index (χ2n) is 13.0. The standard InChI is InChI=1S/C33H39N7O4/c1-3-44-33(42)37-14-20(15-37)17-40-29-24(11-23(13-27(29)43-2)32(41)39-18-22-8-9-25(39)28(22)34)36-31(40)26-12-21-5-4-10-35-30(21)38(26)16-19-6-7-19/h4-5,10-13,19-20,22,25,28H,3,6-9,14-18,34H2,1-2H3/t22-,25-,28-/m1/s1. The SMILES string of the molecule is CCOC(=O)N1CC(Cn2c(-c3cc4cccnc4n3CC3CC3)nc3cc(C(=O)N4C[C@H]5CC[C@@H]4[C@@H]5N)cc(OC)c32)C1. The van der Waals surface area contributed by atoms with Gasteiger partial charge in [0.1, 0.15) is 16.9 Å². The lowest BCUT2D eigenvalue weighted by molar-refractivity contribution is 0.0521. The number of ether oxygens (including phenoxy) is 2. The Hall–Kier alpha value is -4.12. The van der Waals surface area contributed by atoms with Gasteiger partial charge in [0.05, 0.1) is 24.9 Å². The van der Waals surface area contributed by atoms with Gasteiger partial charge in [0, 0.05) is 67.9 Å². The number of imidazole rings is 1. The molecule has 2 bridgehead atoms. The first-order valence-corrected chi connectivity index (χ1v) is 15.9. The van der Waals surface area contributed by atoms with Crippen LogP contribution in [0.1, 0.15) is 43.0 Å². The number of piperidine rings is 1. The summed E-state index contributed by atoms with van der Waals surface area (Å²) in [6.45, 7) is 5.65. The smallest absolute Gasteiger partial charge is 0.409 e. The van der Waals surface area contributed by atoms with Crippen molar-refractivity contribution in [2.75, 3.05) is 33.4 Å². The molecule has 11 nitrogen and oxygen atoms in total. The molecule has 3 aromatic heterocycles. The van der Waals surface area contributed by atoms with Crippen molar-refractivity contribution in [2.24, 2.45) is 23.5 Å². The summed E-state index contributed by atoms with van der Waals surface area (Å²) in [7, 11) is 1.65. The summed E-state index contributed by atoms with van der Waals surface area (Å²) in [5.41, 5.74) is 10.5. The van der Waals surface area contributed by atoms with Crippen molar-refractivity contribution in [3.05, 3.63) is 42.1 Å². The summed E-state index contributed by atoms with van der Waals surface area (Å²) in [6.07, 6.45) is 6.05. The van der Waals surface area contributed by atoms with E-state index in [-0.39, 0.29) is 30.0 Å². The second-order valence-corrected chi connectivity index (χ2v) is 13.0. The zero-order valence-electron chi connectivity index (χ0n) is 25.3. The van der Waals surface area contributed by atoms with Crippen molar-refractivity contribution in [1.82, 2.24) is 28.9 Å². The maximum Gasteiger partial charge on any atom is 0.409 e. The van der Waals surface area contributed by atoms with Crippen molar-refractivity contribution in [2.45, 2.75) is 57.8 Å². The van der Waals surface area contributed by atoms with Crippen molar-refractivity contribution in [3.8, 4) is 17.3 Å². The van der Waals surface area contributed by atoms with Gasteiger partial charge in [0.2, 0.25) is 0 Å². The van der Waals surface area contributed by atoms with Gasteiger partial charge in [0.15, 0.2) is 5.82 Å². The molecule has 1 aromatic carbocycles. The third kappa shape index (κ3) is 4.43. The van der Waals surface area contributed by atoms with Gasteiger partial charge >= 0.3 is 6.09 Å². The number of hydrogen-bond donors (Lipinski definition) is 1. The normalized spacial score (nSPS) is 23.1. The number of pyridine rings is 1. The van der Waals surface area contributed by atoms with Crippen LogP contribution in [0.5, 0.6) is 5.75 Å². The molecule has 2 aliphatic carbocycles. The van der Waals surface area contributed by atoms with Gasteiger partial charge in [-0.1, -0.05) is 0 Å². The third-order valence-electron chi connectivity index (χ3n) is 10.1. The van der Waals surface area contributed by atoms with Crippen LogP contribution in [0.4, 0.5) is 4.79 Å². The van der Waals surface area contributed by atoms with E-state index in [1.165, 1.54) is 12.8 Å². The number of carbonyl (C=O) groups is 2. The van der Waals surface area contributed by atoms with E-state index in [1.807, 2.05) is 36.2 Å². The number of aromatic nitrogens is 4. The summed E-state index contributed by atoms with van der Waals surface area (Å²) in [5.74, 6) is 2.65. The topological polar surface area (TPSA) is 121 Å². The van der Waals surface area contributed by atoms with E-state index in [0.717, 1.165) is 47.5 Å². The van der Waals surface area contributed by atoms with Gasteiger partial charge in [0.25, 0.3) is 5.91 Å². The maximum absolute atomic E-state index is 13.9. The molecule has 4 aromatic rings. The molecule has 4 fully saturated rings. The summed E-state index contributed by atoms with van der Waals surface area (Å²) >= 11 is 0. The minimum absolute atomic E-state index is 0.0138. The number of rotatable bonds is 8. The van der Waals surface area contributed by atoms with Crippen LogP contribution in [-0.4, -0.2) is 86.3 Å². The van der Waals surface area contributed by atoms with Gasteiger partial charge in [-0.3, -0.25) is 4.79 Å². The molecule has 11 heteroatoms. The van der Waals surface area contributed by atoms with E-state index < -0.39 is 0 Å². The number of likely N-dealkylation sites (tertiary alicyclic amines) is 2. The lowest BCUT2D eigenvalue weighted by atomic mass is 10.0. The number of nitrogens with zero attached hydrogens (tertiary/aromatic N) is 6. The van der Waals surface area contributed by atoms with E-state index in [2.05, 4.69) is 21.3 Å². The van der Waals surface area contributed by atoms with E-state index >= 15 is 0 Å². The minimum Gasteiger partial charge on any atom is -0.494 e. The zero-order chi connectivity index (χ0) is 30.1. The molecule has 8 rings (SSSR count). The number of amides is 2. The molecule has 2 saturated carbocycles. The molecule has 230 valence electrons. The monoisotopic (exact) mass is 597 g/mol. The lowest BCUT2D eigenvalue weighted by Crippen LogP contribution is -2.51. The van der Waals surface area contributed by atoms with Crippen molar-refractivity contribution < 1.29 is 19.1 Å². The van der Waals surface area contributed by atoms with Crippen LogP contribution in [0.25, 0.3) is 33.6 Å². The Morgan fingerprint density at radius 1 is 1.02 bits per heavy atom. The maximum atomic E-state index is 13.9. The molecule has 3 atom stereocenters. The number of hydrogen-bond acceptors (Lipinski definition) is 7. The Balaban J connectivity index is 1.23. The number of nitrogens with two attached hydrogens (primary N) is 1. The van der Waals surface area contributed by atoms with Crippen LogP contribution in [0, 0.1) is 17.8 Å². The summed E-state index contributed by atoms with van der Waals surface area (Å²) in [5, 5.41) is 1.07. The summed E-state index contributed by atoms with van der Waals surface area (Å²) < 4.78 is 15.7. The van der Waals surface area contributed by atoms with Crippen molar-refractivity contribution in [3.63, 3.8) is 0 Å². The fourth-order valence-corrected chi connectivity index (χ4v) is 7.65. The summed E-state index contributed by atoms with van der Waals surface area (Å²) in [6, 6.07) is 10.1. The zero-order valence-corrected chi connectivity index (χ0v) is 25.3. The molecule has 2 saturated heterocycles. The third-order valence-corrected chi connectivity index (χ3v) is 10.1. The molecule has 0 unspecified atom stereocenters. The molecule has 5 heterocycles. The van der Waals surface area contributed by atoms with Gasteiger partial charge in [-0.25, -0.2) is 14.8 Å². The molecule has 44 heavy (non-hydrogen) atoms. The number of methoxy groups -OCH3 is 1. The predicted molar refractivity (Wildman–Crippen MR) is 165 cm³/mol. The second kappa shape index (κ2) is 10.5. The van der Waals surface area contributed by atoms with E-state index in [1.54, 1.807) is 12.0 Å². The molecule has 2 N–H and O–H groups in total. The molecule has 0 spiro atoms. The predicted octanol–water partition coefficient (Wildman–Crippen LogP) is 4.12. The van der Waals surface area contributed by atoms with E-state index in [9.17, 15) is 9.59 Å². The van der Waals surface area contributed by atoms with Crippen LogP contribution in [0.15, 0.2) is 36.5 Å². The highest BCUT2D eigenvalue weighted by Crippen LogP contribution is 2.41. The fraction of sp³-hybridized carbons (Fsp3) is 0.515. The highest BCUT2D eigenvalue weighted by Gasteiger charge is 2.47. The first-order chi connectivity index (χ1) is 21.4. The largest absolute Gasteiger partial charge is 0.494 e. The quantitative estimate of drug-likeness (QED) is 0.324. The van der Waals surface area contributed by atoms with Crippen LogP contribution in [0.3, 0.4) is 0 Å². The van der Waals surface area contributed by atoms with Crippen LogP contribution < -0.4 is 10.5 Å². The highest BCUT2D eigenvalue weighted by atomic mass is 16.6. The lowest BCUT2D eigenvalue weighted by Gasteiger charge is -2.38. The number of carbonyl (C=O) groups excluding carboxylic acids is 2. The van der Waals surface area contributed by atoms with E-state index in [0.29, 0.717) is 61.5 Å².